The summed E-state index contributed by atoms with van der Waals surface area (Å²) in [5.41, 5.74) is 1.99. The Hall–Kier alpha value is -2.61. The Balaban J connectivity index is 1.80. The maximum Gasteiger partial charge on any atom is 0.271 e. The van der Waals surface area contributed by atoms with E-state index in [1.807, 2.05) is 12.1 Å². The lowest BCUT2D eigenvalue weighted by Gasteiger charge is -2.19. The molecule has 0 bridgehead atoms. The van der Waals surface area contributed by atoms with E-state index < -0.39 is 14.9 Å². The fourth-order valence-electron chi connectivity index (χ4n) is 2.93. The van der Waals surface area contributed by atoms with Crippen LogP contribution in [0.1, 0.15) is 11.1 Å². The van der Waals surface area contributed by atoms with Gasteiger partial charge in [-0.2, -0.15) is 0 Å². The van der Waals surface area contributed by atoms with Crippen LogP contribution in [-0.4, -0.2) is 32.7 Å². The maximum atomic E-state index is 12.7. The molecule has 0 spiro atoms. The fraction of sp³-hybridized carbons (Fsp3) is 0.294. The van der Waals surface area contributed by atoms with E-state index in [2.05, 4.69) is 0 Å². The van der Waals surface area contributed by atoms with Crippen LogP contribution < -0.4 is 9.04 Å². The molecule has 0 radical (unpaired) electrons. The molecule has 0 atom stereocenters. The molecule has 2 aromatic carbocycles. The molecule has 2 aromatic rings. The van der Waals surface area contributed by atoms with Gasteiger partial charge in [0.25, 0.3) is 5.69 Å². The summed E-state index contributed by atoms with van der Waals surface area (Å²) >= 11 is 0. The number of hydrogen-bond acceptors (Lipinski definition) is 5. The van der Waals surface area contributed by atoms with Gasteiger partial charge in [-0.05, 0) is 36.1 Å². The molecule has 1 heterocycles. The van der Waals surface area contributed by atoms with Crippen LogP contribution in [0.15, 0.2) is 42.5 Å². The van der Waals surface area contributed by atoms with Gasteiger partial charge in [0.05, 0.1) is 23.5 Å². The lowest BCUT2D eigenvalue weighted by molar-refractivity contribution is -0.384. The highest BCUT2D eigenvalue weighted by atomic mass is 32.2. The molecule has 8 heteroatoms. The maximum absolute atomic E-state index is 12.7. The molecule has 0 fully saturated rings. The van der Waals surface area contributed by atoms with Crippen molar-refractivity contribution in [1.82, 2.24) is 0 Å². The van der Waals surface area contributed by atoms with Gasteiger partial charge in [-0.15, -0.1) is 0 Å². The largest absolute Gasteiger partial charge is 0.497 e. The second-order valence-corrected chi connectivity index (χ2v) is 7.82. The molecule has 25 heavy (non-hydrogen) atoms. The van der Waals surface area contributed by atoms with Crippen LogP contribution in [0, 0.1) is 10.1 Å². The molecule has 7 nitrogen and oxygen atoms in total. The topological polar surface area (TPSA) is 89.8 Å². The van der Waals surface area contributed by atoms with Crippen molar-refractivity contribution in [2.24, 2.45) is 0 Å². The number of nitro groups is 1. The number of methoxy groups -OCH3 is 1. The van der Waals surface area contributed by atoms with Gasteiger partial charge in [-0.1, -0.05) is 18.2 Å². The first-order valence-corrected chi connectivity index (χ1v) is 9.42. The van der Waals surface area contributed by atoms with Gasteiger partial charge < -0.3 is 4.74 Å². The number of sulfonamides is 1. The first-order valence-electron chi connectivity index (χ1n) is 7.81. The van der Waals surface area contributed by atoms with Gasteiger partial charge in [0, 0.05) is 18.7 Å². The molecule has 0 amide bonds. The van der Waals surface area contributed by atoms with Crippen molar-refractivity contribution in [1.29, 1.82) is 0 Å². The zero-order chi connectivity index (χ0) is 18.0. The zero-order valence-corrected chi connectivity index (χ0v) is 14.5. The number of fused-ring (bicyclic) bond motifs is 1. The normalized spacial score (nSPS) is 13.6. The fourth-order valence-corrected chi connectivity index (χ4v) is 4.48. The van der Waals surface area contributed by atoms with E-state index in [0.29, 0.717) is 30.8 Å². The average Bonchev–Trinajstić information content (AvgIpc) is 3.04. The molecule has 0 N–H and O–H groups in total. The van der Waals surface area contributed by atoms with Crippen LogP contribution in [0.5, 0.6) is 5.75 Å². The Morgan fingerprint density at radius 2 is 2.04 bits per heavy atom. The van der Waals surface area contributed by atoms with E-state index in [1.165, 1.54) is 16.4 Å². The molecule has 3 rings (SSSR count). The van der Waals surface area contributed by atoms with E-state index in [9.17, 15) is 18.5 Å². The summed E-state index contributed by atoms with van der Waals surface area (Å²) in [6.45, 7) is 0.316. The van der Waals surface area contributed by atoms with Crippen molar-refractivity contribution < 1.29 is 18.1 Å². The Kier molecular flexibility index (Phi) is 4.63. The van der Waals surface area contributed by atoms with Crippen molar-refractivity contribution in [3.05, 3.63) is 63.7 Å². The minimum Gasteiger partial charge on any atom is -0.497 e. The summed E-state index contributed by atoms with van der Waals surface area (Å²) in [6, 6.07) is 11.6. The van der Waals surface area contributed by atoms with Crippen LogP contribution in [0.25, 0.3) is 0 Å². The number of anilines is 1. The van der Waals surface area contributed by atoms with Crippen LogP contribution in [0.2, 0.25) is 0 Å². The van der Waals surface area contributed by atoms with Crippen molar-refractivity contribution >= 4 is 21.4 Å². The molecule has 132 valence electrons. The number of non-ortho nitro benzene ring substituents is 1. The van der Waals surface area contributed by atoms with Crippen molar-refractivity contribution in [2.45, 2.75) is 12.8 Å². The Morgan fingerprint density at radius 3 is 2.76 bits per heavy atom. The predicted octanol–water partition coefficient (Wildman–Crippen LogP) is 2.54. The minimum atomic E-state index is -3.56. The van der Waals surface area contributed by atoms with E-state index in [4.69, 9.17) is 4.74 Å². The number of aryl methyl sites for hydroxylation is 1. The Bertz CT molecular complexity index is 911. The van der Waals surface area contributed by atoms with Crippen LogP contribution >= 0.6 is 0 Å². The summed E-state index contributed by atoms with van der Waals surface area (Å²) in [5, 5.41) is 11.0. The second-order valence-electron chi connectivity index (χ2n) is 5.81. The third-order valence-electron chi connectivity index (χ3n) is 4.25. The summed E-state index contributed by atoms with van der Waals surface area (Å²) < 4.78 is 31.9. The third kappa shape index (κ3) is 3.58. The number of rotatable bonds is 6. The SMILES string of the molecule is COc1cccc(CCS(=O)(=O)N2CCc3ccc([N+](=O)[O-])cc32)c1. The average molecular weight is 362 g/mol. The first-order chi connectivity index (χ1) is 11.9. The lowest BCUT2D eigenvalue weighted by atomic mass is 10.1. The second kappa shape index (κ2) is 6.72. The summed E-state index contributed by atoms with van der Waals surface area (Å²) in [4.78, 5) is 10.4. The highest BCUT2D eigenvalue weighted by Gasteiger charge is 2.30. The van der Waals surface area contributed by atoms with Gasteiger partial charge in [0.1, 0.15) is 5.75 Å². The standard InChI is InChI=1S/C17H18N2O5S/c1-24-16-4-2-3-13(11-16)8-10-25(22,23)18-9-7-14-5-6-15(19(20)21)12-17(14)18/h2-6,11-12H,7-10H2,1H3. The summed E-state index contributed by atoms with van der Waals surface area (Å²) in [5.74, 6) is 0.611. The lowest BCUT2D eigenvalue weighted by Crippen LogP contribution is -2.32. The van der Waals surface area contributed by atoms with E-state index in [0.717, 1.165) is 11.1 Å². The van der Waals surface area contributed by atoms with Gasteiger partial charge >= 0.3 is 0 Å². The van der Waals surface area contributed by atoms with Gasteiger partial charge in [0.2, 0.25) is 10.0 Å². The number of hydrogen-bond donors (Lipinski definition) is 0. The molecule has 0 saturated heterocycles. The van der Waals surface area contributed by atoms with Gasteiger partial charge in [-0.3, -0.25) is 14.4 Å². The third-order valence-corrected chi connectivity index (χ3v) is 6.02. The molecule has 1 aliphatic heterocycles. The number of nitrogens with zero attached hydrogens (tertiary/aromatic N) is 2. The van der Waals surface area contributed by atoms with Crippen LogP contribution in [0.4, 0.5) is 11.4 Å². The molecule has 0 saturated carbocycles. The number of ether oxygens (including phenoxy) is 1. The smallest absolute Gasteiger partial charge is 0.271 e. The molecule has 0 aliphatic carbocycles. The molecular formula is C17H18N2O5S. The Labute approximate surface area is 146 Å². The zero-order valence-electron chi connectivity index (χ0n) is 13.7. The van der Waals surface area contributed by atoms with E-state index in [-0.39, 0.29) is 11.4 Å². The van der Waals surface area contributed by atoms with E-state index >= 15 is 0 Å². The number of benzene rings is 2. The monoisotopic (exact) mass is 362 g/mol. The van der Waals surface area contributed by atoms with Crippen molar-refractivity contribution in [3.63, 3.8) is 0 Å². The van der Waals surface area contributed by atoms with Crippen molar-refractivity contribution in [2.75, 3.05) is 23.7 Å². The van der Waals surface area contributed by atoms with E-state index in [1.54, 1.807) is 25.3 Å². The van der Waals surface area contributed by atoms with Gasteiger partial charge in [0.15, 0.2) is 0 Å². The highest BCUT2D eigenvalue weighted by Crippen LogP contribution is 2.33. The molecule has 1 aliphatic rings. The molecular weight excluding hydrogens is 344 g/mol. The van der Waals surface area contributed by atoms with Crippen molar-refractivity contribution in [3.8, 4) is 5.75 Å². The molecule has 0 aromatic heterocycles. The Morgan fingerprint density at radius 1 is 1.24 bits per heavy atom. The highest BCUT2D eigenvalue weighted by molar-refractivity contribution is 7.92. The predicted molar refractivity (Wildman–Crippen MR) is 94.6 cm³/mol. The van der Waals surface area contributed by atoms with Gasteiger partial charge in [-0.25, -0.2) is 8.42 Å². The summed E-state index contributed by atoms with van der Waals surface area (Å²) in [7, 11) is -2.00. The quantitative estimate of drug-likeness (QED) is 0.582. The number of nitro benzene ring substituents is 1. The van der Waals surface area contributed by atoms with Crippen LogP contribution in [-0.2, 0) is 22.9 Å². The first kappa shape index (κ1) is 17.2. The minimum absolute atomic E-state index is 0.0672. The summed E-state index contributed by atoms with van der Waals surface area (Å²) in [6.07, 6.45) is 0.909. The molecule has 0 unspecified atom stereocenters. The van der Waals surface area contributed by atoms with Crippen LogP contribution in [0.3, 0.4) is 0 Å².